The molecule has 0 saturated carbocycles. The highest BCUT2D eigenvalue weighted by Gasteiger charge is 2.23. The first-order valence-corrected chi connectivity index (χ1v) is 8.83. The fourth-order valence-corrected chi connectivity index (χ4v) is 2.86. The van der Waals surface area contributed by atoms with E-state index in [4.69, 9.17) is 17.3 Å². The van der Waals surface area contributed by atoms with E-state index < -0.39 is 12.1 Å². The lowest BCUT2D eigenvalue weighted by Crippen LogP contribution is -2.50. The second-order valence-corrected chi connectivity index (χ2v) is 6.71. The molecule has 0 spiro atoms. The highest BCUT2D eigenvalue weighted by molar-refractivity contribution is 6.30. The van der Waals surface area contributed by atoms with Crippen molar-refractivity contribution in [1.82, 2.24) is 10.2 Å². The average Bonchev–Trinajstić information content (AvgIpc) is 2.66. The van der Waals surface area contributed by atoms with Crippen LogP contribution in [0.3, 0.4) is 0 Å². The summed E-state index contributed by atoms with van der Waals surface area (Å²) >= 11 is 6.05. The van der Waals surface area contributed by atoms with Crippen molar-refractivity contribution in [3.05, 3.63) is 59.1 Å². The van der Waals surface area contributed by atoms with Gasteiger partial charge in [0.05, 0.1) is 18.8 Å². The first-order valence-electron chi connectivity index (χ1n) is 8.46. The maximum atomic E-state index is 12.5. The second-order valence-electron chi connectivity index (χ2n) is 6.27. The van der Waals surface area contributed by atoms with Gasteiger partial charge in [0.15, 0.2) is 0 Å². The summed E-state index contributed by atoms with van der Waals surface area (Å²) in [6.07, 6.45) is 1.25. The van der Waals surface area contributed by atoms with E-state index in [9.17, 15) is 9.59 Å². The van der Waals surface area contributed by atoms with Crippen LogP contribution in [0, 0.1) is 0 Å². The summed E-state index contributed by atoms with van der Waals surface area (Å²) in [6.45, 7) is 1.85. The van der Waals surface area contributed by atoms with E-state index in [2.05, 4.69) is 5.32 Å². The molecule has 26 heavy (non-hydrogen) atoms. The zero-order chi connectivity index (χ0) is 19.1. The number of nitrogens with one attached hydrogen (secondary N) is 1. The van der Waals surface area contributed by atoms with Gasteiger partial charge in [-0.25, -0.2) is 0 Å². The Morgan fingerprint density at radius 2 is 1.92 bits per heavy atom. The van der Waals surface area contributed by atoms with Crippen molar-refractivity contribution in [3.63, 3.8) is 0 Å². The van der Waals surface area contributed by atoms with Crippen LogP contribution in [-0.4, -0.2) is 42.9 Å². The molecule has 2 atom stereocenters. The van der Waals surface area contributed by atoms with Gasteiger partial charge in [0.25, 0.3) is 0 Å². The summed E-state index contributed by atoms with van der Waals surface area (Å²) in [5.74, 6) is -0.139. The molecule has 0 aliphatic rings. The van der Waals surface area contributed by atoms with Crippen LogP contribution in [0.2, 0.25) is 5.02 Å². The molecule has 6 heteroatoms. The molecule has 0 heterocycles. The van der Waals surface area contributed by atoms with Crippen LogP contribution in [0.5, 0.6) is 0 Å². The van der Waals surface area contributed by atoms with Crippen molar-refractivity contribution >= 4 is 23.8 Å². The van der Waals surface area contributed by atoms with Crippen molar-refractivity contribution in [2.75, 3.05) is 13.7 Å². The van der Waals surface area contributed by atoms with Gasteiger partial charge in [-0.3, -0.25) is 10.1 Å². The lowest BCUT2D eigenvalue weighted by atomic mass is 10.00. The van der Waals surface area contributed by atoms with Crippen LogP contribution in [0.25, 0.3) is 11.1 Å². The van der Waals surface area contributed by atoms with E-state index in [0.29, 0.717) is 11.4 Å². The number of rotatable bonds is 8. The zero-order valence-corrected chi connectivity index (χ0v) is 15.7. The number of carbonyl (C=O) groups excluding carboxylic acids is 2. The quantitative estimate of drug-likeness (QED) is 0.550. The van der Waals surface area contributed by atoms with Crippen LogP contribution in [0.15, 0.2) is 48.5 Å². The van der Waals surface area contributed by atoms with Gasteiger partial charge < -0.3 is 15.4 Å². The van der Waals surface area contributed by atoms with Crippen LogP contribution in [0.4, 0.5) is 0 Å². The third kappa shape index (κ3) is 5.39. The summed E-state index contributed by atoms with van der Waals surface area (Å²) < 4.78 is 0. The van der Waals surface area contributed by atoms with Crippen molar-refractivity contribution in [3.8, 4) is 11.1 Å². The van der Waals surface area contributed by atoms with E-state index in [-0.39, 0.29) is 12.6 Å². The number of carbonyl (C=O) groups is 2. The molecule has 0 aliphatic carbocycles. The maximum absolute atomic E-state index is 12.5. The summed E-state index contributed by atoms with van der Waals surface area (Å²) in [4.78, 5) is 24.9. The number of benzene rings is 2. The van der Waals surface area contributed by atoms with Gasteiger partial charge in [0.2, 0.25) is 5.91 Å². The Morgan fingerprint density at radius 3 is 2.50 bits per heavy atom. The largest absolute Gasteiger partial charge is 0.332 e. The van der Waals surface area contributed by atoms with Crippen LogP contribution in [-0.2, 0) is 16.0 Å². The fraction of sp³-hybridized carbons (Fsp3) is 0.300. The zero-order valence-electron chi connectivity index (χ0n) is 15.0. The molecule has 1 unspecified atom stereocenters. The van der Waals surface area contributed by atoms with E-state index in [1.165, 1.54) is 4.90 Å². The molecule has 2 aromatic rings. The van der Waals surface area contributed by atoms with Crippen LogP contribution in [0.1, 0.15) is 12.5 Å². The lowest BCUT2D eigenvalue weighted by molar-refractivity contribution is -0.132. The van der Waals surface area contributed by atoms with Crippen molar-refractivity contribution < 1.29 is 9.59 Å². The predicted octanol–water partition coefficient (Wildman–Crippen LogP) is 2.47. The molecule has 2 rings (SSSR count). The number of hydrogen-bond donors (Lipinski definition) is 2. The molecule has 5 nitrogen and oxygen atoms in total. The van der Waals surface area contributed by atoms with Crippen molar-refractivity contribution in [2.45, 2.75) is 25.4 Å². The number of aldehydes is 1. The SMILES string of the molecule is C[C@@H](C=O)NC(Cc1ccc(-c2cccc(Cl)c2)cc1)C(=O)N(C)CN. The fourth-order valence-electron chi connectivity index (χ4n) is 2.67. The highest BCUT2D eigenvalue weighted by atomic mass is 35.5. The minimum absolute atomic E-state index is 0.125. The van der Waals surface area contributed by atoms with Crippen molar-refractivity contribution in [2.24, 2.45) is 5.73 Å². The van der Waals surface area contributed by atoms with Gasteiger partial charge in [0.1, 0.15) is 6.29 Å². The molecule has 0 aliphatic heterocycles. The van der Waals surface area contributed by atoms with Gasteiger partial charge in [-0.1, -0.05) is 48.0 Å². The first kappa shape index (κ1) is 20.1. The Bertz CT molecular complexity index is 749. The van der Waals surface area contributed by atoms with Gasteiger partial charge in [-0.2, -0.15) is 0 Å². The van der Waals surface area contributed by atoms with E-state index in [0.717, 1.165) is 23.0 Å². The third-order valence-corrected chi connectivity index (χ3v) is 4.40. The molecule has 0 fully saturated rings. The Morgan fingerprint density at radius 1 is 1.23 bits per heavy atom. The highest BCUT2D eigenvalue weighted by Crippen LogP contribution is 2.23. The smallest absolute Gasteiger partial charge is 0.240 e. The average molecular weight is 374 g/mol. The number of halogens is 1. The summed E-state index contributed by atoms with van der Waals surface area (Å²) in [7, 11) is 1.64. The number of nitrogens with two attached hydrogens (primary N) is 1. The summed E-state index contributed by atoms with van der Waals surface area (Å²) in [5, 5.41) is 3.74. The predicted molar refractivity (Wildman–Crippen MR) is 105 cm³/mol. The molecule has 0 aromatic heterocycles. The van der Waals surface area contributed by atoms with Gasteiger partial charge in [0, 0.05) is 12.1 Å². The number of likely N-dealkylation sites (N-methyl/N-ethyl adjacent to an activating group) is 1. The van der Waals surface area contributed by atoms with E-state index in [1.54, 1.807) is 14.0 Å². The minimum atomic E-state index is -0.513. The Balaban J connectivity index is 2.17. The van der Waals surface area contributed by atoms with Crippen molar-refractivity contribution in [1.29, 1.82) is 0 Å². The van der Waals surface area contributed by atoms with Gasteiger partial charge in [-0.15, -0.1) is 0 Å². The molecule has 3 N–H and O–H groups in total. The molecule has 0 saturated heterocycles. The van der Waals surface area contributed by atoms with Crippen LogP contribution >= 0.6 is 11.6 Å². The first-order chi connectivity index (χ1) is 12.4. The third-order valence-electron chi connectivity index (χ3n) is 4.17. The molecule has 0 bridgehead atoms. The number of nitrogens with zero attached hydrogens (tertiary/aromatic N) is 1. The van der Waals surface area contributed by atoms with Crippen LogP contribution < -0.4 is 11.1 Å². The summed E-state index contributed by atoms with van der Waals surface area (Å²) in [5.41, 5.74) is 8.63. The Hall–Kier alpha value is -2.21. The number of hydrogen-bond acceptors (Lipinski definition) is 4. The van der Waals surface area contributed by atoms with Gasteiger partial charge in [-0.05, 0) is 42.2 Å². The molecule has 138 valence electrons. The molecule has 1 amide bonds. The topological polar surface area (TPSA) is 75.4 Å². The van der Waals surface area contributed by atoms with E-state index >= 15 is 0 Å². The maximum Gasteiger partial charge on any atom is 0.240 e. The molecular weight excluding hydrogens is 350 g/mol. The molecule has 2 aromatic carbocycles. The lowest BCUT2D eigenvalue weighted by Gasteiger charge is -2.25. The molecular formula is C20H24ClN3O2. The van der Waals surface area contributed by atoms with Gasteiger partial charge >= 0.3 is 0 Å². The number of amides is 1. The minimum Gasteiger partial charge on any atom is -0.332 e. The second kappa shape index (κ2) is 9.48. The van der Waals surface area contributed by atoms with E-state index in [1.807, 2.05) is 48.5 Å². The normalized spacial score (nSPS) is 13.1. The Kier molecular flexibility index (Phi) is 7.33. The summed E-state index contributed by atoms with van der Waals surface area (Å²) in [6, 6.07) is 14.7. The monoisotopic (exact) mass is 373 g/mol. The standard InChI is InChI=1S/C20H24ClN3O2/c1-14(12-25)23-19(20(26)24(2)13-22)10-15-6-8-16(9-7-15)17-4-3-5-18(21)11-17/h3-9,11-12,14,19,23H,10,13,22H2,1-2H3/t14-,19?/m0/s1. The molecule has 0 radical (unpaired) electrons. The Labute approximate surface area is 159 Å².